The summed E-state index contributed by atoms with van der Waals surface area (Å²) in [6, 6.07) is 0. The van der Waals surface area contributed by atoms with Crippen LogP contribution in [0.1, 0.15) is 65.7 Å². The van der Waals surface area contributed by atoms with Gasteiger partial charge in [-0.05, 0) is 97.7 Å². The molecule has 6 aliphatic rings. The van der Waals surface area contributed by atoms with Gasteiger partial charge in [0.25, 0.3) is 0 Å². The van der Waals surface area contributed by atoms with Crippen LogP contribution in [0.5, 0.6) is 0 Å². The fourth-order valence-electron chi connectivity index (χ4n) is 9.48. The fraction of sp³-hybridized carbons (Fsp3) is 1.00. The van der Waals surface area contributed by atoms with Gasteiger partial charge in [-0.3, -0.25) is 0 Å². The minimum absolute atomic E-state index is 0.0330. The lowest BCUT2D eigenvalue weighted by molar-refractivity contribution is -0.235. The van der Waals surface area contributed by atoms with E-state index < -0.39 is 11.2 Å². The second-order valence-electron chi connectivity index (χ2n) is 11.6. The van der Waals surface area contributed by atoms with Crippen molar-refractivity contribution in [2.24, 2.45) is 52.3 Å². The first-order chi connectivity index (χ1) is 11.7. The van der Waals surface area contributed by atoms with Gasteiger partial charge in [-0.15, -0.1) is 0 Å². The first-order valence-corrected chi connectivity index (χ1v) is 10.8. The average Bonchev–Trinajstić information content (AvgIpc) is 3.41. The molecule has 3 nitrogen and oxygen atoms in total. The summed E-state index contributed by atoms with van der Waals surface area (Å²) in [6.07, 6.45) is 6.77. The Labute approximate surface area is 151 Å². The molecule has 0 aliphatic heterocycles. The van der Waals surface area contributed by atoms with Gasteiger partial charge in [0, 0.05) is 6.42 Å². The highest BCUT2D eigenvalue weighted by Crippen LogP contribution is 2.81. The van der Waals surface area contributed by atoms with Crippen LogP contribution in [0, 0.1) is 52.3 Å². The third-order valence-corrected chi connectivity index (χ3v) is 11.1. The molecule has 3 N–H and O–H groups in total. The highest BCUT2D eigenvalue weighted by Gasteiger charge is 2.80. The van der Waals surface area contributed by atoms with E-state index >= 15 is 0 Å². The van der Waals surface area contributed by atoms with Crippen LogP contribution in [-0.4, -0.2) is 32.6 Å². The first-order valence-electron chi connectivity index (χ1n) is 10.8. The zero-order chi connectivity index (χ0) is 17.6. The highest BCUT2D eigenvalue weighted by molar-refractivity contribution is 5.29. The summed E-state index contributed by atoms with van der Waals surface area (Å²) in [6.45, 7) is 6.86. The number of aliphatic hydroxyl groups is 3. The molecule has 6 saturated carbocycles. The van der Waals surface area contributed by atoms with Crippen molar-refractivity contribution in [1.82, 2.24) is 0 Å². The van der Waals surface area contributed by atoms with Crippen LogP contribution in [0.4, 0.5) is 0 Å². The quantitative estimate of drug-likeness (QED) is 0.632. The summed E-state index contributed by atoms with van der Waals surface area (Å²) in [5, 5.41) is 33.4. The summed E-state index contributed by atoms with van der Waals surface area (Å²) in [4.78, 5) is 0. The van der Waals surface area contributed by atoms with E-state index in [1.165, 1.54) is 6.42 Å². The molecule has 140 valence electrons. The van der Waals surface area contributed by atoms with Crippen LogP contribution in [0.25, 0.3) is 0 Å². The van der Waals surface area contributed by atoms with E-state index in [2.05, 4.69) is 20.8 Å². The Bertz CT molecular complexity index is 645. The molecule has 6 rings (SSSR count). The minimum Gasteiger partial charge on any atom is -0.393 e. The molecule has 12 atom stereocenters. The van der Waals surface area contributed by atoms with Gasteiger partial charge < -0.3 is 15.3 Å². The third-order valence-electron chi connectivity index (χ3n) is 11.1. The van der Waals surface area contributed by atoms with E-state index in [1.54, 1.807) is 0 Å². The molecule has 6 fully saturated rings. The van der Waals surface area contributed by atoms with Crippen LogP contribution in [0.3, 0.4) is 0 Å². The molecule has 25 heavy (non-hydrogen) atoms. The smallest absolute Gasteiger partial charge is 0.0759 e. The number of hydrogen-bond donors (Lipinski definition) is 3. The van der Waals surface area contributed by atoms with Crippen LogP contribution in [-0.2, 0) is 0 Å². The zero-order valence-corrected chi connectivity index (χ0v) is 15.9. The van der Waals surface area contributed by atoms with Crippen molar-refractivity contribution >= 4 is 0 Å². The van der Waals surface area contributed by atoms with Gasteiger partial charge in [0.05, 0.1) is 17.3 Å². The predicted molar refractivity (Wildman–Crippen MR) is 94.5 cm³/mol. The Hall–Kier alpha value is -0.120. The Kier molecular flexibility index (Phi) is 2.64. The Balaban J connectivity index is 1.44. The molecule has 0 bridgehead atoms. The SMILES string of the molecule is CC12CCC(O)CC1(O)[C@@H]1C[C@@H]1C1C2CCC2(C)C1C1C[C@@H]1[C@]2(C)O. The maximum Gasteiger partial charge on any atom is 0.0759 e. The van der Waals surface area contributed by atoms with Gasteiger partial charge in [-0.2, -0.15) is 0 Å². The second-order valence-corrected chi connectivity index (χ2v) is 11.6. The van der Waals surface area contributed by atoms with Gasteiger partial charge in [-0.1, -0.05) is 13.8 Å². The molecular formula is C22H34O3. The molecule has 6 aliphatic carbocycles. The summed E-state index contributed by atoms with van der Waals surface area (Å²) in [5.74, 6) is 4.26. The van der Waals surface area contributed by atoms with E-state index in [0.717, 1.165) is 38.0 Å². The monoisotopic (exact) mass is 346 g/mol. The Morgan fingerprint density at radius 3 is 2.24 bits per heavy atom. The van der Waals surface area contributed by atoms with Crippen LogP contribution >= 0.6 is 0 Å². The second kappa shape index (κ2) is 4.15. The largest absolute Gasteiger partial charge is 0.393 e. The summed E-state index contributed by atoms with van der Waals surface area (Å²) < 4.78 is 0. The van der Waals surface area contributed by atoms with E-state index in [0.29, 0.717) is 41.9 Å². The molecule has 0 heterocycles. The molecule has 0 spiro atoms. The molecule has 8 unspecified atom stereocenters. The van der Waals surface area contributed by atoms with Gasteiger partial charge in [0.1, 0.15) is 0 Å². The normalized spacial score (nSPS) is 72.7. The summed E-state index contributed by atoms with van der Waals surface area (Å²) >= 11 is 0. The number of aliphatic hydroxyl groups excluding tert-OH is 1. The van der Waals surface area contributed by atoms with Crippen molar-refractivity contribution in [2.45, 2.75) is 83.0 Å². The lowest BCUT2D eigenvalue weighted by atomic mass is 9.42. The highest BCUT2D eigenvalue weighted by atomic mass is 16.3. The maximum absolute atomic E-state index is 11.7. The Morgan fingerprint density at radius 2 is 1.48 bits per heavy atom. The van der Waals surface area contributed by atoms with E-state index in [-0.39, 0.29) is 16.9 Å². The molecule has 0 aromatic heterocycles. The van der Waals surface area contributed by atoms with Crippen LogP contribution in [0.15, 0.2) is 0 Å². The van der Waals surface area contributed by atoms with Gasteiger partial charge in [0.2, 0.25) is 0 Å². The minimum atomic E-state index is -0.645. The lowest BCUT2D eigenvalue weighted by Gasteiger charge is -2.64. The molecule has 0 amide bonds. The topological polar surface area (TPSA) is 60.7 Å². The summed E-state index contributed by atoms with van der Waals surface area (Å²) in [7, 11) is 0. The number of fused-ring (bicyclic) bond motifs is 10. The van der Waals surface area contributed by atoms with Crippen LogP contribution < -0.4 is 0 Å². The molecule has 3 heteroatoms. The van der Waals surface area contributed by atoms with Crippen LogP contribution in [0.2, 0.25) is 0 Å². The number of hydrogen-bond acceptors (Lipinski definition) is 3. The van der Waals surface area contributed by atoms with E-state index in [1.807, 2.05) is 0 Å². The number of rotatable bonds is 0. The Morgan fingerprint density at radius 1 is 0.800 bits per heavy atom. The lowest BCUT2D eigenvalue weighted by Crippen LogP contribution is -2.65. The molecule has 0 aromatic carbocycles. The van der Waals surface area contributed by atoms with Crippen molar-refractivity contribution in [3.8, 4) is 0 Å². The zero-order valence-electron chi connectivity index (χ0n) is 15.9. The van der Waals surface area contributed by atoms with Gasteiger partial charge in [-0.25, -0.2) is 0 Å². The predicted octanol–water partition coefficient (Wildman–Crippen LogP) is 2.97. The van der Waals surface area contributed by atoms with Crippen molar-refractivity contribution in [3.63, 3.8) is 0 Å². The van der Waals surface area contributed by atoms with Crippen molar-refractivity contribution < 1.29 is 15.3 Å². The maximum atomic E-state index is 11.7. The standard InChI is InChI=1S/C22H34O3/c1-19-6-4-11(23)10-22(19,25)16-8-12(16)17-14(19)5-7-20(2)18(17)13-9-15(13)21(20,3)24/h11-18,23-25H,4-10H2,1-3H3/t11?,12-,13?,14?,15-,16+,17?,18?,19?,20?,21-,22?/m0/s1. The van der Waals surface area contributed by atoms with Crippen molar-refractivity contribution in [2.75, 3.05) is 0 Å². The van der Waals surface area contributed by atoms with Gasteiger partial charge in [0.15, 0.2) is 0 Å². The van der Waals surface area contributed by atoms with Gasteiger partial charge >= 0.3 is 0 Å². The average molecular weight is 347 g/mol. The van der Waals surface area contributed by atoms with E-state index in [4.69, 9.17) is 0 Å². The fourth-order valence-corrected chi connectivity index (χ4v) is 9.48. The van der Waals surface area contributed by atoms with E-state index in [9.17, 15) is 15.3 Å². The molecule has 0 aromatic rings. The van der Waals surface area contributed by atoms with Crippen molar-refractivity contribution in [3.05, 3.63) is 0 Å². The molecule has 0 radical (unpaired) electrons. The third kappa shape index (κ3) is 1.51. The molecular weight excluding hydrogens is 312 g/mol. The molecule has 0 saturated heterocycles. The van der Waals surface area contributed by atoms with Crippen molar-refractivity contribution in [1.29, 1.82) is 0 Å². The first kappa shape index (κ1) is 15.9. The summed E-state index contributed by atoms with van der Waals surface area (Å²) in [5.41, 5.74) is -1.09.